The van der Waals surface area contributed by atoms with Gasteiger partial charge >= 0.3 is 0 Å². The van der Waals surface area contributed by atoms with E-state index in [1.807, 2.05) is 0 Å². The standard InChI is InChI=1S/C15H20O3/c1-12(2)5-11-13(3)8-14(13,9-17)10(6-16)4-15(11,18)7-12/h4,6,9,11,18H,5,7-8H2,1-3H3/t11?,13-,14-,15+/m1/s1. The molecule has 0 spiro atoms. The van der Waals surface area contributed by atoms with Gasteiger partial charge in [0.1, 0.15) is 12.6 Å². The van der Waals surface area contributed by atoms with Gasteiger partial charge in [0.15, 0.2) is 0 Å². The minimum absolute atomic E-state index is 0.0640. The first-order valence-corrected chi connectivity index (χ1v) is 6.60. The minimum atomic E-state index is -0.905. The van der Waals surface area contributed by atoms with E-state index in [1.54, 1.807) is 6.08 Å². The fourth-order valence-electron chi connectivity index (χ4n) is 4.80. The topological polar surface area (TPSA) is 54.4 Å². The Kier molecular flexibility index (Phi) is 1.99. The van der Waals surface area contributed by atoms with Crippen LogP contribution >= 0.6 is 0 Å². The third-order valence-corrected chi connectivity index (χ3v) is 5.68. The number of carbonyl (C=O) groups excluding carboxylic acids is 2. The van der Waals surface area contributed by atoms with Crippen molar-refractivity contribution in [3.8, 4) is 0 Å². The molecule has 0 aliphatic heterocycles. The number of hydrogen-bond donors (Lipinski definition) is 1. The van der Waals surface area contributed by atoms with Crippen LogP contribution in [0.25, 0.3) is 0 Å². The van der Waals surface area contributed by atoms with Crippen LogP contribution in [0.4, 0.5) is 0 Å². The van der Waals surface area contributed by atoms with Crippen LogP contribution < -0.4 is 0 Å². The quantitative estimate of drug-likeness (QED) is 0.759. The molecule has 3 aliphatic rings. The SMILES string of the molecule is CC1(C)CC2[C@](O)(C=C(C=O)[C@]3(C=O)C[C@]23C)C1. The Morgan fingerprint density at radius 3 is 2.50 bits per heavy atom. The zero-order valence-electron chi connectivity index (χ0n) is 11.2. The lowest BCUT2D eigenvalue weighted by molar-refractivity contribution is -0.116. The van der Waals surface area contributed by atoms with Crippen molar-refractivity contribution >= 4 is 12.6 Å². The monoisotopic (exact) mass is 248 g/mol. The molecule has 3 rings (SSSR count). The summed E-state index contributed by atoms with van der Waals surface area (Å²) in [4.78, 5) is 22.7. The van der Waals surface area contributed by atoms with Crippen molar-refractivity contribution < 1.29 is 14.7 Å². The summed E-state index contributed by atoms with van der Waals surface area (Å²) in [6, 6.07) is 0. The molecule has 3 heteroatoms. The molecular formula is C15H20O3. The molecule has 0 heterocycles. The summed E-state index contributed by atoms with van der Waals surface area (Å²) in [6.07, 6.45) is 5.67. The average molecular weight is 248 g/mol. The number of rotatable bonds is 2. The molecule has 2 saturated carbocycles. The van der Waals surface area contributed by atoms with E-state index in [-0.39, 0.29) is 16.7 Å². The van der Waals surface area contributed by atoms with E-state index >= 15 is 0 Å². The van der Waals surface area contributed by atoms with E-state index < -0.39 is 11.0 Å². The van der Waals surface area contributed by atoms with Crippen molar-refractivity contribution in [3.63, 3.8) is 0 Å². The van der Waals surface area contributed by atoms with Gasteiger partial charge in [-0.25, -0.2) is 0 Å². The minimum Gasteiger partial charge on any atom is -0.385 e. The van der Waals surface area contributed by atoms with Gasteiger partial charge in [-0.3, -0.25) is 4.79 Å². The van der Waals surface area contributed by atoms with Crippen molar-refractivity contribution in [1.82, 2.24) is 0 Å². The third-order valence-electron chi connectivity index (χ3n) is 5.68. The van der Waals surface area contributed by atoms with Gasteiger partial charge in [0.25, 0.3) is 0 Å². The molecule has 2 fully saturated rings. The normalized spacial score (nSPS) is 52.0. The smallest absolute Gasteiger partial charge is 0.146 e. The maximum atomic E-state index is 11.5. The number of allylic oxidation sites excluding steroid dienone is 1. The van der Waals surface area contributed by atoms with Crippen molar-refractivity contribution in [1.29, 1.82) is 0 Å². The van der Waals surface area contributed by atoms with E-state index in [0.717, 1.165) is 19.0 Å². The van der Waals surface area contributed by atoms with E-state index in [0.29, 0.717) is 18.4 Å². The lowest BCUT2D eigenvalue weighted by atomic mass is 9.67. The van der Waals surface area contributed by atoms with Gasteiger partial charge in [0.05, 0.1) is 11.0 Å². The maximum Gasteiger partial charge on any atom is 0.146 e. The second kappa shape index (κ2) is 2.96. The first kappa shape index (κ1) is 12.1. The first-order chi connectivity index (χ1) is 8.23. The Morgan fingerprint density at radius 2 is 1.94 bits per heavy atom. The van der Waals surface area contributed by atoms with E-state index in [2.05, 4.69) is 20.8 Å². The number of fused-ring (bicyclic) bond motifs is 3. The Bertz CT molecular complexity index is 478. The van der Waals surface area contributed by atoms with Crippen LogP contribution in [0, 0.1) is 22.2 Å². The fourth-order valence-corrected chi connectivity index (χ4v) is 4.80. The third kappa shape index (κ3) is 1.14. The molecule has 1 N–H and O–H groups in total. The van der Waals surface area contributed by atoms with Crippen LogP contribution in [0.1, 0.15) is 40.0 Å². The largest absolute Gasteiger partial charge is 0.385 e. The van der Waals surface area contributed by atoms with Gasteiger partial charge in [-0.15, -0.1) is 0 Å². The molecule has 0 saturated heterocycles. The lowest BCUT2D eigenvalue weighted by Crippen LogP contribution is -2.43. The van der Waals surface area contributed by atoms with Crippen molar-refractivity contribution in [3.05, 3.63) is 11.6 Å². The zero-order valence-corrected chi connectivity index (χ0v) is 11.2. The molecule has 3 nitrogen and oxygen atoms in total. The van der Waals surface area contributed by atoms with Crippen LogP contribution in [0.5, 0.6) is 0 Å². The van der Waals surface area contributed by atoms with Crippen LogP contribution in [0.2, 0.25) is 0 Å². The number of aldehydes is 2. The summed E-state index contributed by atoms with van der Waals surface area (Å²) in [6.45, 7) is 6.34. The summed E-state index contributed by atoms with van der Waals surface area (Å²) in [5.41, 5.74) is -1.20. The number of carbonyl (C=O) groups is 2. The molecule has 3 aliphatic carbocycles. The van der Waals surface area contributed by atoms with Crippen LogP contribution in [0.15, 0.2) is 11.6 Å². The van der Waals surface area contributed by atoms with Crippen LogP contribution in [-0.2, 0) is 9.59 Å². The Hall–Kier alpha value is -0.960. The highest BCUT2D eigenvalue weighted by atomic mass is 16.3. The highest BCUT2D eigenvalue weighted by Crippen LogP contribution is 2.77. The fraction of sp³-hybridized carbons (Fsp3) is 0.733. The molecule has 0 aromatic carbocycles. The van der Waals surface area contributed by atoms with E-state index in [9.17, 15) is 14.7 Å². The molecule has 1 unspecified atom stereocenters. The van der Waals surface area contributed by atoms with E-state index in [4.69, 9.17) is 0 Å². The number of hydrogen-bond acceptors (Lipinski definition) is 3. The summed E-state index contributed by atoms with van der Waals surface area (Å²) in [7, 11) is 0. The van der Waals surface area contributed by atoms with E-state index in [1.165, 1.54) is 0 Å². The van der Waals surface area contributed by atoms with Crippen LogP contribution in [0.3, 0.4) is 0 Å². The Labute approximate surface area is 107 Å². The lowest BCUT2D eigenvalue weighted by Gasteiger charge is -2.39. The maximum absolute atomic E-state index is 11.5. The van der Waals surface area contributed by atoms with Gasteiger partial charge in [-0.1, -0.05) is 20.8 Å². The molecule has 0 radical (unpaired) electrons. The molecular weight excluding hydrogens is 228 g/mol. The molecule has 18 heavy (non-hydrogen) atoms. The highest BCUT2D eigenvalue weighted by molar-refractivity contribution is 5.89. The molecule has 98 valence electrons. The molecule has 4 atom stereocenters. The van der Waals surface area contributed by atoms with Crippen molar-refractivity contribution in [2.24, 2.45) is 22.2 Å². The number of aliphatic hydroxyl groups is 1. The van der Waals surface area contributed by atoms with Gasteiger partial charge in [0.2, 0.25) is 0 Å². The first-order valence-electron chi connectivity index (χ1n) is 6.60. The zero-order chi connectivity index (χ0) is 13.4. The predicted octanol–water partition coefficient (Wildman–Crippen LogP) is 1.89. The summed E-state index contributed by atoms with van der Waals surface area (Å²) in [5.74, 6) is 0.0916. The molecule has 0 bridgehead atoms. The van der Waals surface area contributed by atoms with Crippen LogP contribution in [-0.4, -0.2) is 23.3 Å². The second-order valence-corrected chi connectivity index (χ2v) is 7.49. The predicted molar refractivity (Wildman–Crippen MR) is 66.8 cm³/mol. The highest BCUT2D eigenvalue weighted by Gasteiger charge is 2.76. The van der Waals surface area contributed by atoms with Crippen molar-refractivity contribution in [2.45, 2.75) is 45.6 Å². The summed E-state index contributed by atoms with van der Waals surface area (Å²) >= 11 is 0. The molecule has 0 aromatic heterocycles. The average Bonchev–Trinajstić information content (AvgIpc) is 2.81. The summed E-state index contributed by atoms with van der Waals surface area (Å²) in [5, 5.41) is 10.9. The summed E-state index contributed by atoms with van der Waals surface area (Å²) < 4.78 is 0. The Balaban J connectivity index is 2.15. The Morgan fingerprint density at radius 1 is 1.28 bits per heavy atom. The molecule has 0 aromatic rings. The van der Waals surface area contributed by atoms with Gasteiger partial charge < -0.3 is 9.90 Å². The molecule has 0 amide bonds. The second-order valence-electron chi connectivity index (χ2n) is 7.49. The van der Waals surface area contributed by atoms with Crippen molar-refractivity contribution in [2.75, 3.05) is 0 Å². The van der Waals surface area contributed by atoms with Gasteiger partial charge in [-0.05, 0) is 42.1 Å². The van der Waals surface area contributed by atoms with Gasteiger partial charge in [0, 0.05) is 5.57 Å². The van der Waals surface area contributed by atoms with Gasteiger partial charge in [-0.2, -0.15) is 0 Å².